The van der Waals surface area contributed by atoms with Gasteiger partial charge in [-0.25, -0.2) is 4.79 Å². The Kier molecular flexibility index (Phi) is 3.35. The van der Waals surface area contributed by atoms with Crippen molar-refractivity contribution in [2.45, 2.75) is 27.2 Å². The molecule has 3 nitrogen and oxygen atoms in total. The van der Waals surface area contributed by atoms with E-state index in [1.54, 1.807) is 6.07 Å². The summed E-state index contributed by atoms with van der Waals surface area (Å²) in [5.41, 5.74) is 3.18. The highest BCUT2D eigenvalue weighted by molar-refractivity contribution is 5.94. The van der Waals surface area contributed by atoms with Gasteiger partial charge in [0.25, 0.3) is 0 Å². The number of carbonyl (C=O) groups excluding carboxylic acids is 1. The molecule has 3 heteroatoms. The second-order valence-electron chi connectivity index (χ2n) is 3.54. The van der Waals surface area contributed by atoms with Gasteiger partial charge in [0.15, 0.2) is 0 Å². The van der Waals surface area contributed by atoms with Crippen LogP contribution < -0.4 is 0 Å². The molecule has 0 aliphatic rings. The zero-order chi connectivity index (χ0) is 11.6. The van der Waals surface area contributed by atoms with Crippen LogP contribution in [0.5, 0.6) is 5.75 Å². The topological polar surface area (TPSA) is 46.5 Å². The first-order valence-corrected chi connectivity index (χ1v) is 4.93. The summed E-state index contributed by atoms with van der Waals surface area (Å²) in [5, 5.41) is 9.69. The second-order valence-corrected chi connectivity index (χ2v) is 3.54. The fraction of sp³-hybridized carbons (Fsp3) is 0.417. The van der Waals surface area contributed by atoms with Gasteiger partial charge in [-0.05, 0) is 43.0 Å². The highest BCUT2D eigenvalue weighted by Gasteiger charge is 2.18. The lowest BCUT2D eigenvalue weighted by atomic mass is 9.95. The van der Waals surface area contributed by atoms with Gasteiger partial charge in [-0.1, -0.05) is 6.92 Å². The predicted molar refractivity (Wildman–Crippen MR) is 58.3 cm³/mol. The third kappa shape index (κ3) is 1.96. The van der Waals surface area contributed by atoms with Gasteiger partial charge in [-0.3, -0.25) is 0 Å². The van der Waals surface area contributed by atoms with Crippen LogP contribution >= 0.6 is 0 Å². The van der Waals surface area contributed by atoms with Crippen LogP contribution in [0.15, 0.2) is 6.07 Å². The summed E-state index contributed by atoms with van der Waals surface area (Å²) >= 11 is 0. The molecule has 1 N–H and O–H groups in total. The number of carbonyl (C=O) groups is 1. The van der Waals surface area contributed by atoms with E-state index in [9.17, 15) is 9.90 Å². The minimum absolute atomic E-state index is 0.00551. The molecular weight excluding hydrogens is 192 g/mol. The van der Waals surface area contributed by atoms with Crippen molar-refractivity contribution in [3.8, 4) is 5.75 Å². The molecule has 15 heavy (non-hydrogen) atoms. The van der Waals surface area contributed by atoms with Crippen LogP contribution in [0.2, 0.25) is 0 Å². The first-order valence-electron chi connectivity index (χ1n) is 4.93. The number of aromatic hydroxyl groups is 1. The molecule has 0 atom stereocenters. The number of phenols is 1. The van der Waals surface area contributed by atoms with E-state index >= 15 is 0 Å². The molecule has 0 aliphatic carbocycles. The zero-order valence-corrected chi connectivity index (χ0v) is 9.55. The van der Waals surface area contributed by atoms with Crippen LogP contribution in [-0.2, 0) is 11.2 Å². The first-order chi connectivity index (χ1) is 7.02. The minimum Gasteiger partial charge on any atom is -0.507 e. The van der Waals surface area contributed by atoms with Crippen molar-refractivity contribution < 1.29 is 14.6 Å². The number of hydrogen-bond acceptors (Lipinski definition) is 3. The SMILES string of the molecule is CCc1c(C)cc(O)c(C(=O)OC)c1C. The Bertz CT molecular complexity index is 394. The molecule has 0 saturated carbocycles. The molecule has 82 valence electrons. The number of rotatable bonds is 2. The lowest BCUT2D eigenvalue weighted by Gasteiger charge is -2.13. The quantitative estimate of drug-likeness (QED) is 0.759. The third-order valence-corrected chi connectivity index (χ3v) is 2.66. The van der Waals surface area contributed by atoms with Gasteiger partial charge in [0.05, 0.1) is 7.11 Å². The molecule has 0 aromatic heterocycles. The Labute approximate surface area is 89.7 Å². The summed E-state index contributed by atoms with van der Waals surface area (Å²) in [5.74, 6) is -0.492. The molecule has 0 unspecified atom stereocenters. The number of ether oxygens (including phenoxy) is 1. The Morgan fingerprint density at radius 1 is 1.47 bits per heavy atom. The maximum Gasteiger partial charge on any atom is 0.341 e. The van der Waals surface area contributed by atoms with Gasteiger partial charge >= 0.3 is 5.97 Å². The van der Waals surface area contributed by atoms with Gasteiger partial charge in [-0.15, -0.1) is 0 Å². The molecule has 0 fully saturated rings. The van der Waals surface area contributed by atoms with Crippen LogP contribution in [0.4, 0.5) is 0 Å². The number of esters is 1. The van der Waals surface area contributed by atoms with Crippen molar-refractivity contribution in [1.29, 1.82) is 0 Å². The predicted octanol–water partition coefficient (Wildman–Crippen LogP) is 2.36. The monoisotopic (exact) mass is 208 g/mol. The van der Waals surface area contributed by atoms with Crippen molar-refractivity contribution in [2.24, 2.45) is 0 Å². The standard InChI is InChI=1S/C12H16O3/c1-5-9-7(2)6-10(13)11(8(9)3)12(14)15-4/h6,13H,5H2,1-4H3. The molecule has 0 radical (unpaired) electrons. The summed E-state index contributed by atoms with van der Waals surface area (Å²) in [6, 6.07) is 1.61. The number of phenolic OH excluding ortho intramolecular Hbond substituents is 1. The van der Waals surface area contributed by atoms with Crippen molar-refractivity contribution in [2.75, 3.05) is 7.11 Å². The fourth-order valence-electron chi connectivity index (χ4n) is 1.91. The van der Waals surface area contributed by atoms with E-state index in [0.29, 0.717) is 0 Å². The van der Waals surface area contributed by atoms with Crippen molar-refractivity contribution in [3.05, 3.63) is 28.3 Å². The van der Waals surface area contributed by atoms with E-state index in [-0.39, 0.29) is 11.3 Å². The lowest BCUT2D eigenvalue weighted by Crippen LogP contribution is -2.07. The summed E-state index contributed by atoms with van der Waals surface area (Å²) in [7, 11) is 1.31. The number of hydrogen-bond donors (Lipinski definition) is 1. The first kappa shape index (κ1) is 11.6. The van der Waals surface area contributed by atoms with Gasteiger partial charge in [0.1, 0.15) is 11.3 Å². The number of benzene rings is 1. The Morgan fingerprint density at radius 3 is 2.53 bits per heavy atom. The highest BCUT2D eigenvalue weighted by atomic mass is 16.5. The Morgan fingerprint density at radius 2 is 2.07 bits per heavy atom. The highest BCUT2D eigenvalue weighted by Crippen LogP contribution is 2.28. The third-order valence-electron chi connectivity index (χ3n) is 2.66. The van der Waals surface area contributed by atoms with E-state index in [0.717, 1.165) is 23.1 Å². The molecule has 0 bridgehead atoms. The smallest absolute Gasteiger partial charge is 0.341 e. The van der Waals surface area contributed by atoms with Crippen molar-refractivity contribution >= 4 is 5.97 Å². The molecule has 1 aromatic rings. The van der Waals surface area contributed by atoms with Crippen LogP contribution in [0.25, 0.3) is 0 Å². The molecule has 1 aromatic carbocycles. The maximum absolute atomic E-state index is 11.5. The molecule has 0 aliphatic heterocycles. The van der Waals surface area contributed by atoms with Gasteiger partial charge in [0, 0.05) is 0 Å². The zero-order valence-electron chi connectivity index (χ0n) is 9.55. The summed E-state index contributed by atoms with van der Waals surface area (Å²) in [6.45, 7) is 5.78. The number of methoxy groups -OCH3 is 1. The van der Waals surface area contributed by atoms with Crippen molar-refractivity contribution in [1.82, 2.24) is 0 Å². The summed E-state index contributed by atoms with van der Waals surface area (Å²) in [6.07, 6.45) is 0.835. The summed E-state index contributed by atoms with van der Waals surface area (Å²) in [4.78, 5) is 11.5. The van der Waals surface area contributed by atoms with Gasteiger partial charge < -0.3 is 9.84 Å². The molecule has 1 rings (SSSR count). The van der Waals surface area contributed by atoms with Gasteiger partial charge in [-0.2, -0.15) is 0 Å². The maximum atomic E-state index is 11.5. The number of aryl methyl sites for hydroxylation is 1. The van der Waals surface area contributed by atoms with Crippen LogP contribution in [0.1, 0.15) is 34.0 Å². The lowest BCUT2D eigenvalue weighted by molar-refractivity contribution is 0.0596. The Balaban J connectivity index is 3.45. The Hall–Kier alpha value is -1.51. The average Bonchev–Trinajstić information content (AvgIpc) is 2.17. The fourth-order valence-corrected chi connectivity index (χ4v) is 1.91. The molecule has 0 saturated heterocycles. The molecule has 0 amide bonds. The van der Waals surface area contributed by atoms with E-state index in [2.05, 4.69) is 4.74 Å². The van der Waals surface area contributed by atoms with E-state index in [1.165, 1.54) is 7.11 Å². The van der Waals surface area contributed by atoms with E-state index in [4.69, 9.17) is 0 Å². The van der Waals surface area contributed by atoms with Gasteiger partial charge in [0.2, 0.25) is 0 Å². The molecule has 0 heterocycles. The van der Waals surface area contributed by atoms with Crippen LogP contribution in [0, 0.1) is 13.8 Å². The van der Waals surface area contributed by atoms with E-state index in [1.807, 2.05) is 20.8 Å². The van der Waals surface area contributed by atoms with E-state index < -0.39 is 5.97 Å². The second kappa shape index (κ2) is 4.34. The summed E-state index contributed by atoms with van der Waals surface area (Å²) < 4.78 is 4.64. The van der Waals surface area contributed by atoms with Crippen LogP contribution in [0.3, 0.4) is 0 Å². The van der Waals surface area contributed by atoms with Crippen molar-refractivity contribution in [3.63, 3.8) is 0 Å². The van der Waals surface area contributed by atoms with Crippen LogP contribution in [-0.4, -0.2) is 18.2 Å². The molecular formula is C12H16O3. The normalized spacial score (nSPS) is 10.1. The largest absolute Gasteiger partial charge is 0.507 e. The minimum atomic E-state index is -0.486. The molecule has 0 spiro atoms. The average molecular weight is 208 g/mol.